The fraction of sp³-hybridized carbons (Fsp3) is 0.619. The molecular weight excluding hydrogens is 326 g/mol. The predicted octanol–water partition coefficient (Wildman–Crippen LogP) is 2.87. The number of benzene rings is 1. The number of para-hydroxylation sites is 1. The first-order valence-corrected chi connectivity index (χ1v) is 10.1. The molecule has 26 heavy (non-hydrogen) atoms. The molecule has 0 radical (unpaired) electrons. The van der Waals surface area contributed by atoms with Gasteiger partial charge in [-0.05, 0) is 63.2 Å². The number of anilines is 1. The van der Waals surface area contributed by atoms with Crippen molar-refractivity contribution in [2.75, 3.05) is 31.5 Å². The summed E-state index contributed by atoms with van der Waals surface area (Å²) in [5.41, 5.74) is 2.14. The van der Waals surface area contributed by atoms with E-state index in [9.17, 15) is 9.59 Å². The number of nitrogens with one attached hydrogen (secondary N) is 1. The van der Waals surface area contributed by atoms with Gasteiger partial charge in [0.2, 0.25) is 11.8 Å². The Hall–Kier alpha value is -1.88. The lowest BCUT2D eigenvalue weighted by Crippen LogP contribution is -2.42. The van der Waals surface area contributed by atoms with Crippen molar-refractivity contribution in [2.24, 2.45) is 11.8 Å². The molecule has 140 valence electrons. The highest BCUT2D eigenvalue weighted by Gasteiger charge is 2.36. The highest BCUT2D eigenvalue weighted by molar-refractivity contribution is 5.93. The van der Waals surface area contributed by atoms with E-state index >= 15 is 0 Å². The van der Waals surface area contributed by atoms with E-state index < -0.39 is 0 Å². The first-order chi connectivity index (χ1) is 12.7. The van der Waals surface area contributed by atoms with Crippen LogP contribution in [0.4, 0.5) is 5.69 Å². The minimum absolute atomic E-state index is 0.0121. The number of carbonyl (C=O) groups excluding carboxylic acids is 2. The van der Waals surface area contributed by atoms with Crippen LogP contribution in [0.5, 0.6) is 0 Å². The summed E-state index contributed by atoms with van der Waals surface area (Å²) in [6, 6.07) is 8.16. The van der Waals surface area contributed by atoms with Crippen LogP contribution in [0, 0.1) is 11.8 Å². The molecule has 0 unspecified atom stereocenters. The van der Waals surface area contributed by atoms with Crippen LogP contribution in [-0.2, 0) is 16.1 Å². The van der Waals surface area contributed by atoms with Crippen molar-refractivity contribution < 1.29 is 9.59 Å². The van der Waals surface area contributed by atoms with Crippen LogP contribution in [0.3, 0.4) is 0 Å². The highest BCUT2D eigenvalue weighted by atomic mass is 16.2. The lowest BCUT2D eigenvalue weighted by molar-refractivity contribution is -0.135. The Morgan fingerprint density at radius 2 is 1.62 bits per heavy atom. The first-order valence-electron chi connectivity index (χ1n) is 10.1. The van der Waals surface area contributed by atoms with Crippen molar-refractivity contribution in [3.8, 4) is 0 Å². The van der Waals surface area contributed by atoms with Gasteiger partial charge >= 0.3 is 0 Å². The van der Waals surface area contributed by atoms with Crippen LogP contribution in [0.25, 0.3) is 0 Å². The largest absolute Gasteiger partial charge is 0.342 e. The Kier molecular flexibility index (Phi) is 5.25. The molecule has 4 rings (SSSR count). The summed E-state index contributed by atoms with van der Waals surface area (Å²) >= 11 is 0. The Labute approximate surface area is 155 Å². The third-order valence-corrected chi connectivity index (χ3v) is 5.97. The van der Waals surface area contributed by atoms with Gasteiger partial charge in [-0.2, -0.15) is 0 Å². The average molecular weight is 355 g/mol. The van der Waals surface area contributed by atoms with E-state index in [1.54, 1.807) is 0 Å². The molecule has 1 saturated carbocycles. The van der Waals surface area contributed by atoms with E-state index in [1.165, 1.54) is 18.4 Å². The van der Waals surface area contributed by atoms with Gasteiger partial charge in [0.05, 0.1) is 0 Å². The molecule has 1 aliphatic carbocycles. The molecule has 2 amide bonds. The summed E-state index contributed by atoms with van der Waals surface area (Å²) in [6.07, 6.45) is 6.19. The van der Waals surface area contributed by atoms with Gasteiger partial charge < -0.3 is 10.2 Å². The number of carbonyl (C=O) groups is 2. The highest BCUT2D eigenvalue weighted by Crippen LogP contribution is 2.32. The molecule has 1 N–H and O–H groups in total. The molecule has 0 spiro atoms. The van der Waals surface area contributed by atoms with Crippen LogP contribution in [0.1, 0.15) is 44.1 Å². The molecule has 1 aromatic rings. The second-order valence-corrected chi connectivity index (χ2v) is 8.00. The molecule has 3 fully saturated rings. The second kappa shape index (κ2) is 7.78. The number of hydrogen-bond acceptors (Lipinski definition) is 3. The first kappa shape index (κ1) is 17.5. The molecule has 2 saturated heterocycles. The maximum absolute atomic E-state index is 12.8. The third-order valence-electron chi connectivity index (χ3n) is 5.97. The smallest absolute Gasteiger partial charge is 0.227 e. The molecule has 0 atom stereocenters. The molecular formula is C21H29N3O2. The van der Waals surface area contributed by atoms with Crippen molar-refractivity contribution in [2.45, 2.75) is 45.1 Å². The van der Waals surface area contributed by atoms with Crippen molar-refractivity contribution >= 4 is 17.5 Å². The van der Waals surface area contributed by atoms with Gasteiger partial charge in [0, 0.05) is 37.2 Å². The summed E-state index contributed by atoms with van der Waals surface area (Å²) in [6.45, 7) is 4.65. The number of likely N-dealkylation sites (tertiary alicyclic amines) is 2. The number of amides is 2. The lowest BCUT2D eigenvalue weighted by atomic mass is 9.95. The van der Waals surface area contributed by atoms with Crippen molar-refractivity contribution in [3.05, 3.63) is 29.8 Å². The Bertz CT molecular complexity index is 657. The van der Waals surface area contributed by atoms with Crippen LogP contribution in [-0.4, -0.2) is 47.8 Å². The normalized spacial score (nSPS) is 21.8. The van der Waals surface area contributed by atoms with E-state index in [2.05, 4.69) is 16.3 Å². The maximum atomic E-state index is 12.8. The zero-order valence-electron chi connectivity index (χ0n) is 15.5. The second-order valence-electron chi connectivity index (χ2n) is 8.00. The summed E-state index contributed by atoms with van der Waals surface area (Å²) < 4.78 is 0. The number of rotatable bonds is 5. The molecule has 5 nitrogen and oxygen atoms in total. The Morgan fingerprint density at radius 3 is 2.31 bits per heavy atom. The van der Waals surface area contributed by atoms with E-state index in [0.717, 1.165) is 64.1 Å². The van der Waals surface area contributed by atoms with Crippen LogP contribution in [0.2, 0.25) is 0 Å². The third kappa shape index (κ3) is 4.09. The molecule has 2 aliphatic heterocycles. The SMILES string of the molecule is O=C(Nc1ccccc1CN1CCCC1)C1CCN(C(=O)C2CC2)CC1. The minimum Gasteiger partial charge on any atom is -0.342 e. The number of piperidine rings is 1. The standard InChI is InChI=1S/C21H29N3O2/c25-20(16-9-13-24(14-10-16)21(26)17-7-8-17)22-19-6-2-1-5-18(19)15-23-11-3-4-12-23/h1-2,5-6,16-17H,3-4,7-15H2,(H,22,25). The molecule has 0 aromatic heterocycles. The van der Waals surface area contributed by atoms with E-state index in [4.69, 9.17) is 0 Å². The molecule has 1 aromatic carbocycles. The van der Waals surface area contributed by atoms with Gasteiger partial charge in [0.25, 0.3) is 0 Å². The summed E-state index contributed by atoms with van der Waals surface area (Å²) in [5, 5.41) is 3.16. The topological polar surface area (TPSA) is 52.7 Å². The van der Waals surface area contributed by atoms with Crippen LogP contribution in [0.15, 0.2) is 24.3 Å². The fourth-order valence-corrected chi connectivity index (χ4v) is 4.15. The lowest BCUT2D eigenvalue weighted by Gasteiger charge is -2.31. The summed E-state index contributed by atoms with van der Waals surface area (Å²) in [7, 11) is 0. The molecule has 0 bridgehead atoms. The summed E-state index contributed by atoms with van der Waals surface area (Å²) in [4.78, 5) is 29.3. The summed E-state index contributed by atoms with van der Waals surface area (Å²) in [5.74, 6) is 0.702. The number of nitrogens with zero attached hydrogens (tertiary/aromatic N) is 2. The molecule has 5 heteroatoms. The Balaban J connectivity index is 1.32. The minimum atomic E-state index is 0.0121. The van der Waals surface area contributed by atoms with E-state index in [-0.39, 0.29) is 17.7 Å². The molecule has 2 heterocycles. The van der Waals surface area contributed by atoms with Crippen molar-refractivity contribution in [1.29, 1.82) is 0 Å². The fourth-order valence-electron chi connectivity index (χ4n) is 4.15. The van der Waals surface area contributed by atoms with Crippen LogP contribution >= 0.6 is 0 Å². The number of hydrogen-bond donors (Lipinski definition) is 1. The van der Waals surface area contributed by atoms with Crippen molar-refractivity contribution in [1.82, 2.24) is 9.80 Å². The van der Waals surface area contributed by atoms with Gasteiger partial charge in [0.1, 0.15) is 0 Å². The molecule has 3 aliphatic rings. The quantitative estimate of drug-likeness (QED) is 0.884. The van der Waals surface area contributed by atoms with Gasteiger partial charge in [-0.3, -0.25) is 14.5 Å². The Morgan fingerprint density at radius 1 is 0.923 bits per heavy atom. The van der Waals surface area contributed by atoms with Gasteiger partial charge in [-0.15, -0.1) is 0 Å². The van der Waals surface area contributed by atoms with Crippen LogP contribution < -0.4 is 5.32 Å². The zero-order chi connectivity index (χ0) is 17.9. The maximum Gasteiger partial charge on any atom is 0.227 e. The van der Waals surface area contributed by atoms with Crippen molar-refractivity contribution in [3.63, 3.8) is 0 Å². The predicted molar refractivity (Wildman–Crippen MR) is 102 cm³/mol. The van der Waals surface area contributed by atoms with Gasteiger partial charge in [-0.25, -0.2) is 0 Å². The zero-order valence-corrected chi connectivity index (χ0v) is 15.5. The van der Waals surface area contributed by atoms with E-state index in [0.29, 0.717) is 5.91 Å². The monoisotopic (exact) mass is 355 g/mol. The van der Waals surface area contributed by atoms with Gasteiger partial charge in [0.15, 0.2) is 0 Å². The average Bonchev–Trinajstić information content (AvgIpc) is 3.40. The van der Waals surface area contributed by atoms with E-state index in [1.807, 2.05) is 23.1 Å². The van der Waals surface area contributed by atoms with Gasteiger partial charge in [-0.1, -0.05) is 18.2 Å².